The van der Waals surface area contributed by atoms with Crippen LogP contribution in [0, 0.1) is 20.8 Å². The Kier molecular flexibility index (Phi) is 3.31. The van der Waals surface area contributed by atoms with Crippen LogP contribution in [0.1, 0.15) is 27.8 Å². The molecule has 0 fully saturated rings. The van der Waals surface area contributed by atoms with E-state index in [2.05, 4.69) is 75.4 Å². The molecule has 0 saturated carbocycles. The van der Waals surface area contributed by atoms with Crippen LogP contribution in [0.2, 0.25) is 0 Å². The highest BCUT2D eigenvalue weighted by atomic mass is 14.1. The van der Waals surface area contributed by atoms with Gasteiger partial charge in [-0.2, -0.15) is 0 Å². The molecule has 0 aromatic heterocycles. The predicted molar refractivity (Wildman–Crippen MR) is 87.4 cm³/mol. The number of hydrogen-bond donors (Lipinski definition) is 0. The average Bonchev–Trinajstić information content (AvgIpc) is 2.47. The minimum atomic E-state index is 1.00. The van der Waals surface area contributed by atoms with Crippen molar-refractivity contribution in [3.05, 3.63) is 82.4 Å². The van der Waals surface area contributed by atoms with Crippen molar-refractivity contribution in [2.75, 3.05) is 0 Å². The fourth-order valence-electron chi connectivity index (χ4n) is 2.82. The second-order valence-corrected chi connectivity index (χ2v) is 5.69. The van der Waals surface area contributed by atoms with Crippen molar-refractivity contribution in [3.63, 3.8) is 0 Å². The van der Waals surface area contributed by atoms with Crippen LogP contribution < -0.4 is 0 Å². The summed E-state index contributed by atoms with van der Waals surface area (Å²) >= 11 is 0. The molecule has 0 aliphatic rings. The van der Waals surface area contributed by atoms with E-state index in [1.165, 1.54) is 38.6 Å². The molecule has 0 amide bonds. The molecule has 3 rings (SSSR count). The zero-order valence-corrected chi connectivity index (χ0v) is 12.4. The molecular formula is C20H20. The highest BCUT2D eigenvalue weighted by Gasteiger charge is 2.07. The van der Waals surface area contributed by atoms with Gasteiger partial charge in [-0.25, -0.2) is 0 Å². The van der Waals surface area contributed by atoms with Crippen molar-refractivity contribution in [1.82, 2.24) is 0 Å². The highest BCUT2D eigenvalue weighted by molar-refractivity contribution is 5.89. The summed E-state index contributed by atoms with van der Waals surface area (Å²) < 4.78 is 0. The SMILES string of the molecule is Cc1ccc(Cc2cc(C)c(C)c3ccccc23)cc1. The molecule has 0 spiro atoms. The van der Waals surface area contributed by atoms with Crippen LogP contribution >= 0.6 is 0 Å². The summed E-state index contributed by atoms with van der Waals surface area (Å²) in [4.78, 5) is 0. The van der Waals surface area contributed by atoms with Crippen LogP contribution in [-0.4, -0.2) is 0 Å². The van der Waals surface area contributed by atoms with Gasteiger partial charge >= 0.3 is 0 Å². The van der Waals surface area contributed by atoms with E-state index >= 15 is 0 Å². The maximum absolute atomic E-state index is 2.34. The monoisotopic (exact) mass is 260 g/mol. The van der Waals surface area contributed by atoms with Gasteiger partial charge < -0.3 is 0 Å². The van der Waals surface area contributed by atoms with E-state index in [0.717, 1.165) is 6.42 Å². The van der Waals surface area contributed by atoms with Crippen molar-refractivity contribution in [1.29, 1.82) is 0 Å². The molecule has 0 N–H and O–H groups in total. The van der Waals surface area contributed by atoms with Crippen LogP contribution in [-0.2, 0) is 6.42 Å². The summed E-state index contributed by atoms with van der Waals surface area (Å²) in [5, 5.41) is 2.77. The van der Waals surface area contributed by atoms with E-state index in [0.29, 0.717) is 0 Å². The van der Waals surface area contributed by atoms with Crippen LogP contribution in [0.25, 0.3) is 10.8 Å². The molecule has 100 valence electrons. The van der Waals surface area contributed by atoms with E-state index in [4.69, 9.17) is 0 Å². The molecule has 0 radical (unpaired) electrons. The molecule has 0 heterocycles. The highest BCUT2D eigenvalue weighted by Crippen LogP contribution is 2.27. The number of benzene rings is 3. The second-order valence-electron chi connectivity index (χ2n) is 5.69. The smallest absolute Gasteiger partial charge is 0.00195 e. The Hall–Kier alpha value is -2.08. The molecule has 0 atom stereocenters. The molecule has 0 aliphatic heterocycles. The maximum atomic E-state index is 2.34. The van der Waals surface area contributed by atoms with Gasteiger partial charge in [0.1, 0.15) is 0 Å². The first-order valence-electron chi connectivity index (χ1n) is 7.18. The van der Waals surface area contributed by atoms with Gasteiger partial charge in [0.25, 0.3) is 0 Å². The lowest BCUT2D eigenvalue weighted by molar-refractivity contribution is 1.19. The minimum absolute atomic E-state index is 1.00. The van der Waals surface area contributed by atoms with Crippen LogP contribution in [0.3, 0.4) is 0 Å². The summed E-state index contributed by atoms with van der Waals surface area (Å²) in [6.07, 6.45) is 1.00. The van der Waals surface area contributed by atoms with Crippen molar-refractivity contribution < 1.29 is 0 Å². The number of fused-ring (bicyclic) bond motifs is 1. The maximum Gasteiger partial charge on any atom is -0.00195 e. The van der Waals surface area contributed by atoms with Crippen molar-refractivity contribution in [2.45, 2.75) is 27.2 Å². The summed E-state index contributed by atoms with van der Waals surface area (Å²) in [5.74, 6) is 0. The Bertz CT molecular complexity index is 749. The molecule has 0 unspecified atom stereocenters. The Morgan fingerprint density at radius 2 is 1.40 bits per heavy atom. The molecule has 3 aromatic rings. The first-order valence-corrected chi connectivity index (χ1v) is 7.18. The molecule has 0 bridgehead atoms. The second kappa shape index (κ2) is 5.13. The number of aryl methyl sites for hydroxylation is 3. The summed E-state index contributed by atoms with van der Waals surface area (Å²) in [5.41, 5.74) is 6.90. The number of hydrogen-bond acceptors (Lipinski definition) is 0. The zero-order chi connectivity index (χ0) is 14.1. The first kappa shape index (κ1) is 12.9. The standard InChI is InChI=1S/C20H20/c1-14-8-10-17(11-9-14)13-18-12-15(2)16(3)19-6-4-5-7-20(18)19/h4-12H,13H2,1-3H3. The Balaban J connectivity index is 2.11. The van der Waals surface area contributed by atoms with E-state index < -0.39 is 0 Å². The largest absolute Gasteiger partial charge is 0.0616 e. The van der Waals surface area contributed by atoms with E-state index in [1.54, 1.807) is 0 Å². The van der Waals surface area contributed by atoms with Crippen molar-refractivity contribution in [3.8, 4) is 0 Å². The lowest BCUT2D eigenvalue weighted by Crippen LogP contribution is -1.94. The zero-order valence-electron chi connectivity index (χ0n) is 12.4. The normalized spacial score (nSPS) is 10.9. The van der Waals surface area contributed by atoms with Gasteiger partial charge in [0.2, 0.25) is 0 Å². The Labute approximate surface area is 121 Å². The Morgan fingerprint density at radius 3 is 2.10 bits per heavy atom. The minimum Gasteiger partial charge on any atom is -0.0616 e. The third-order valence-corrected chi connectivity index (χ3v) is 4.17. The molecule has 3 aromatic carbocycles. The van der Waals surface area contributed by atoms with E-state index in [1.807, 2.05) is 0 Å². The third-order valence-electron chi connectivity index (χ3n) is 4.17. The van der Waals surface area contributed by atoms with Gasteiger partial charge in [-0.15, -0.1) is 0 Å². The summed E-state index contributed by atoms with van der Waals surface area (Å²) in [7, 11) is 0. The van der Waals surface area contributed by atoms with Gasteiger partial charge in [-0.05, 0) is 60.2 Å². The predicted octanol–water partition coefficient (Wildman–Crippen LogP) is 5.36. The quantitative estimate of drug-likeness (QED) is 0.582. The average molecular weight is 260 g/mol. The number of rotatable bonds is 2. The molecule has 0 nitrogen and oxygen atoms in total. The lowest BCUT2D eigenvalue weighted by atomic mass is 9.92. The molecular weight excluding hydrogens is 240 g/mol. The Morgan fingerprint density at radius 1 is 0.750 bits per heavy atom. The van der Waals surface area contributed by atoms with Gasteiger partial charge in [-0.1, -0.05) is 60.2 Å². The molecule has 0 heteroatoms. The van der Waals surface area contributed by atoms with E-state index in [-0.39, 0.29) is 0 Å². The molecule has 0 saturated heterocycles. The van der Waals surface area contributed by atoms with Gasteiger partial charge in [0.15, 0.2) is 0 Å². The van der Waals surface area contributed by atoms with Crippen LogP contribution in [0.15, 0.2) is 54.6 Å². The van der Waals surface area contributed by atoms with Gasteiger partial charge in [0.05, 0.1) is 0 Å². The molecule has 20 heavy (non-hydrogen) atoms. The van der Waals surface area contributed by atoms with Crippen molar-refractivity contribution >= 4 is 10.8 Å². The van der Waals surface area contributed by atoms with Crippen LogP contribution in [0.4, 0.5) is 0 Å². The van der Waals surface area contributed by atoms with Crippen LogP contribution in [0.5, 0.6) is 0 Å². The fraction of sp³-hybridized carbons (Fsp3) is 0.200. The molecule has 0 aliphatic carbocycles. The fourth-order valence-corrected chi connectivity index (χ4v) is 2.82. The van der Waals surface area contributed by atoms with E-state index in [9.17, 15) is 0 Å². The van der Waals surface area contributed by atoms with Gasteiger partial charge in [0, 0.05) is 0 Å². The summed E-state index contributed by atoms with van der Waals surface area (Å²) in [6, 6.07) is 19.9. The third kappa shape index (κ3) is 2.34. The van der Waals surface area contributed by atoms with Crippen molar-refractivity contribution in [2.24, 2.45) is 0 Å². The first-order chi connectivity index (χ1) is 9.65. The topological polar surface area (TPSA) is 0 Å². The van der Waals surface area contributed by atoms with Gasteiger partial charge in [-0.3, -0.25) is 0 Å². The lowest BCUT2D eigenvalue weighted by Gasteiger charge is -2.12. The summed E-state index contributed by atoms with van der Waals surface area (Å²) in [6.45, 7) is 6.56.